The van der Waals surface area contributed by atoms with Crippen LogP contribution in [0, 0.1) is 31.0 Å². The van der Waals surface area contributed by atoms with Crippen molar-refractivity contribution in [1.29, 1.82) is 0 Å². The molecule has 1 aromatic heterocycles. The monoisotopic (exact) mass is 579 g/mol. The summed E-state index contributed by atoms with van der Waals surface area (Å²) >= 11 is 0. The Morgan fingerprint density at radius 2 is 1.80 bits per heavy atom. The SMILES string of the molecule is CCOC(=O)[C@]12C3c4cc(OC(C)c5cc(-c6c(C)cc(OCCCS(C)(=O)=O)cc6C)ccc5F)ncc4[C@H]1[C@@H]32. The minimum atomic E-state index is -3.02. The third-order valence-electron chi connectivity index (χ3n) is 8.78. The molecule has 0 radical (unpaired) electrons. The smallest absolute Gasteiger partial charge is 0.313 e. The molecule has 7 rings (SSSR count). The fraction of sp³-hybridized carbons (Fsp3) is 0.438. The van der Waals surface area contributed by atoms with Gasteiger partial charge in [0.2, 0.25) is 5.88 Å². The summed E-state index contributed by atoms with van der Waals surface area (Å²) in [5.74, 6) is 1.42. The molecule has 4 aliphatic carbocycles. The van der Waals surface area contributed by atoms with Crippen LogP contribution in [0.4, 0.5) is 4.39 Å². The van der Waals surface area contributed by atoms with Crippen LogP contribution in [0.5, 0.6) is 11.6 Å². The maximum Gasteiger partial charge on any atom is 0.313 e. The van der Waals surface area contributed by atoms with Crippen LogP contribution in [0.25, 0.3) is 11.1 Å². The maximum absolute atomic E-state index is 15.0. The molecule has 7 nitrogen and oxygen atoms in total. The average Bonchev–Trinajstić information content (AvgIpc) is 3.69. The summed E-state index contributed by atoms with van der Waals surface area (Å²) in [6, 6.07) is 10.8. The lowest BCUT2D eigenvalue weighted by Gasteiger charge is -2.18. The molecule has 2 bridgehead atoms. The highest BCUT2D eigenvalue weighted by Gasteiger charge is 2.95. The zero-order chi connectivity index (χ0) is 29.3. The zero-order valence-corrected chi connectivity index (χ0v) is 24.7. The van der Waals surface area contributed by atoms with Crippen LogP contribution in [0.15, 0.2) is 42.6 Å². The highest BCUT2D eigenvalue weighted by Crippen LogP contribution is 2.97. The number of pyridine rings is 1. The number of hydrogen-bond acceptors (Lipinski definition) is 7. The van der Waals surface area contributed by atoms with Gasteiger partial charge in [0, 0.05) is 35.9 Å². The Morgan fingerprint density at radius 1 is 1.10 bits per heavy atom. The first kappa shape index (κ1) is 27.7. The van der Waals surface area contributed by atoms with Crippen LogP contribution in [0.1, 0.15) is 66.0 Å². The number of esters is 1. The van der Waals surface area contributed by atoms with E-state index >= 15 is 4.39 Å². The third-order valence-corrected chi connectivity index (χ3v) is 9.81. The molecule has 0 aliphatic heterocycles. The van der Waals surface area contributed by atoms with Gasteiger partial charge < -0.3 is 14.2 Å². The number of aryl methyl sites for hydroxylation is 2. The molecule has 216 valence electrons. The van der Waals surface area contributed by atoms with Crippen molar-refractivity contribution in [2.45, 2.75) is 52.1 Å². The van der Waals surface area contributed by atoms with Crippen molar-refractivity contribution >= 4 is 15.8 Å². The molecule has 0 N–H and O–H groups in total. The Bertz CT molecular complexity index is 1650. The van der Waals surface area contributed by atoms with Gasteiger partial charge in [-0.25, -0.2) is 17.8 Å². The van der Waals surface area contributed by atoms with Gasteiger partial charge in [-0.15, -0.1) is 0 Å². The molecule has 9 heteroatoms. The summed E-state index contributed by atoms with van der Waals surface area (Å²) in [5, 5.41) is 0. The van der Waals surface area contributed by atoms with Crippen LogP contribution in [-0.2, 0) is 19.4 Å². The Morgan fingerprint density at radius 3 is 2.49 bits per heavy atom. The molecule has 5 atom stereocenters. The Balaban J connectivity index is 1.17. The molecule has 2 saturated carbocycles. The molecule has 41 heavy (non-hydrogen) atoms. The molecule has 2 aromatic carbocycles. The predicted molar refractivity (Wildman–Crippen MR) is 152 cm³/mol. The highest BCUT2D eigenvalue weighted by molar-refractivity contribution is 7.90. The van der Waals surface area contributed by atoms with Crippen LogP contribution >= 0.6 is 0 Å². The van der Waals surface area contributed by atoms with E-state index in [1.54, 1.807) is 19.2 Å². The normalized spacial score (nSPS) is 23.8. The summed E-state index contributed by atoms with van der Waals surface area (Å²) in [4.78, 5) is 17.0. The molecule has 0 amide bonds. The number of rotatable bonds is 11. The second-order valence-corrected chi connectivity index (χ2v) is 13.8. The number of aromatic nitrogens is 1. The lowest BCUT2D eigenvalue weighted by atomic mass is 9.93. The van der Waals surface area contributed by atoms with Crippen LogP contribution in [0.2, 0.25) is 0 Å². The maximum atomic E-state index is 15.0. The number of hydrogen-bond donors (Lipinski definition) is 0. The molecule has 2 unspecified atom stereocenters. The van der Waals surface area contributed by atoms with Crippen molar-refractivity contribution in [3.05, 3.63) is 76.2 Å². The number of sulfone groups is 1. The summed E-state index contributed by atoms with van der Waals surface area (Å²) in [6.45, 7) is 8.26. The molecular weight excluding hydrogens is 545 g/mol. The first-order chi connectivity index (χ1) is 19.5. The second kappa shape index (κ2) is 9.82. The number of halogens is 1. The standard InChI is InChI=1S/C32H34FNO6S/c1-6-38-31(35)32-28-23-15-26(34-16-24(23)29(32)30(28)32)40-19(4)22-14-20(8-9-25(22)33)27-17(2)12-21(13-18(27)3)39-10-7-11-41(5,36)37/h8-9,12-16,19,28-30H,6-7,10-11H2,1-5H3/t19?,28?,29-,30+,32+/m0/s1. The Hall–Kier alpha value is -3.46. The molecule has 0 saturated heterocycles. The molecular formula is C32H34FNO6S. The van der Waals surface area contributed by atoms with Crippen molar-refractivity contribution < 1.29 is 31.8 Å². The summed E-state index contributed by atoms with van der Waals surface area (Å²) in [5.41, 5.74) is 6.01. The van der Waals surface area contributed by atoms with Gasteiger partial charge >= 0.3 is 5.97 Å². The first-order valence-electron chi connectivity index (χ1n) is 14.0. The minimum Gasteiger partial charge on any atom is -0.494 e. The van der Waals surface area contributed by atoms with Gasteiger partial charge in [0.1, 0.15) is 27.5 Å². The van der Waals surface area contributed by atoms with Crippen LogP contribution < -0.4 is 9.47 Å². The summed E-state index contributed by atoms with van der Waals surface area (Å²) in [6.07, 6.45) is 2.84. The van der Waals surface area contributed by atoms with E-state index in [1.807, 2.05) is 45.0 Å². The highest BCUT2D eigenvalue weighted by atomic mass is 32.2. The number of ether oxygens (including phenoxy) is 3. The number of nitrogens with zero attached hydrogens (tertiary/aromatic N) is 1. The average molecular weight is 580 g/mol. The number of benzene rings is 2. The Kier molecular flexibility index (Phi) is 6.64. The predicted octanol–water partition coefficient (Wildman–Crippen LogP) is 5.83. The van der Waals surface area contributed by atoms with Crippen molar-refractivity contribution in [3.63, 3.8) is 0 Å². The van der Waals surface area contributed by atoms with Crippen molar-refractivity contribution in [3.8, 4) is 22.8 Å². The van der Waals surface area contributed by atoms with Crippen molar-refractivity contribution in [2.24, 2.45) is 11.3 Å². The molecule has 3 aromatic rings. The van der Waals surface area contributed by atoms with E-state index in [0.29, 0.717) is 42.7 Å². The zero-order valence-electron chi connectivity index (χ0n) is 23.9. The molecule has 1 heterocycles. The fourth-order valence-corrected chi connectivity index (χ4v) is 7.61. The Labute approximate surface area is 240 Å². The van der Waals surface area contributed by atoms with Gasteiger partial charge in [-0.05, 0) is 97.7 Å². The molecule has 2 fully saturated rings. The molecule has 4 aliphatic rings. The quantitative estimate of drug-likeness (QED) is 0.208. The fourth-order valence-electron chi connectivity index (χ4n) is 6.97. The van der Waals surface area contributed by atoms with Crippen molar-refractivity contribution in [1.82, 2.24) is 4.98 Å². The van der Waals surface area contributed by atoms with Crippen LogP contribution in [-0.4, -0.2) is 44.6 Å². The second-order valence-electron chi connectivity index (χ2n) is 11.5. The minimum absolute atomic E-state index is 0.0820. The van der Waals surface area contributed by atoms with Gasteiger partial charge in [-0.1, -0.05) is 6.07 Å². The van der Waals surface area contributed by atoms with E-state index in [0.717, 1.165) is 33.4 Å². The van der Waals surface area contributed by atoms with E-state index in [1.165, 1.54) is 12.3 Å². The van der Waals surface area contributed by atoms with E-state index in [2.05, 4.69) is 4.98 Å². The van der Waals surface area contributed by atoms with Gasteiger partial charge in [-0.2, -0.15) is 0 Å². The first-order valence-corrected chi connectivity index (χ1v) is 16.1. The largest absolute Gasteiger partial charge is 0.494 e. The van der Waals surface area contributed by atoms with E-state index in [4.69, 9.17) is 14.2 Å². The number of carbonyl (C=O) groups excluding carboxylic acids is 1. The molecule has 0 spiro atoms. The van der Waals surface area contributed by atoms with Gasteiger partial charge in [-0.3, -0.25) is 4.79 Å². The summed E-state index contributed by atoms with van der Waals surface area (Å²) in [7, 11) is -3.02. The third kappa shape index (κ3) is 4.58. The van der Waals surface area contributed by atoms with Crippen LogP contribution in [0.3, 0.4) is 0 Å². The van der Waals surface area contributed by atoms with E-state index in [-0.39, 0.29) is 34.8 Å². The lowest BCUT2D eigenvalue weighted by Crippen LogP contribution is -2.15. The van der Waals surface area contributed by atoms with Crippen molar-refractivity contribution in [2.75, 3.05) is 25.2 Å². The topological polar surface area (TPSA) is 91.8 Å². The van der Waals surface area contributed by atoms with Gasteiger partial charge in [0.05, 0.1) is 24.4 Å². The van der Waals surface area contributed by atoms with E-state index in [9.17, 15) is 13.2 Å². The van der Waals surface area contributed by atoms with E-state index < -0.39 is 15.9 Å². The van der Waals surface area contributed by atoms with Gasteiger partial charge in [0.25, 0.3) is 0 Å². The number of carbonyl (C=O) groups is 1. The lowest BCUT2D eigenvalue weighted by molar-refractivity contribution is -0.147. The summed E-state index contributed by atoms with van der Waals surface area (Å²) < 4.78 is 55.0. The van der Waals surface area contributed by atoms with Gasteiger partial charge in [0.15, 0.2) is 0 Å².